The first-order valence-electron chi connectivity index (χ1n) is 19.2. The van der Waals surface area contributed by atoms with Crippen LogP contribution in [0.4, 0.5) is 17.1 Å². The van der Waals surface area contributed by atoms with E-state index in [0.29, 0.717) is 0 Å². The van der Waals surface area contributed by atoms with E-state index in [1.165, 1.54) is 49.2 Å². The third-order valence-corrected chi connectivity index (χ3v) is 11.2. The van der Waals surface area contributed by atoms with E-state index in [1.54, 1.807) is 0 Å². The molecule has 0 radical (unpaired) electrons. The van der Waals surface area contributed by atoms with Crippen LogP contribution < -0.4 is 4.90 Å². The molecular formula is C54H35NO. The predicted octanol–water partition coefficient (Wildman–Crippen LogP) is 15.5. The summed E-state index contributed by atoms with van der Waals surface area (Å²) in [6.07, 6.45) is 0. The molecule has 10 aromatic carbocycles. The van der Waals surface area contributed by atoms with E-state index in [4.69, 9.17) is 4.42 Å². The lowest BCUT2D eigenvalue weighted by Crippen LogP contribution is -2.09. The number of rotatable bonds is 6. The van der Waals surface area contributed by atoms with Crippen molar-refractivity contribution in [3.63, 3.8) is 0 Å². The molecule has 0 saturated heterocycles. The highest BCUT2D eigenvalue weighted by molar-refractivity contribution is 6.20. The van der Waals surface area contributed by atoms with Gasteiger partial charge < -0.3 is 9.32 Å². The lowest BCUT2D eigenvalue weighted by Gasteiger charge is -2.26. The van der Waals surface area contributed by atoms with Crippen LogP contribution in [0.3, 0.4) is 0 Å². The van der Waals surface area contributed by atoms with Gasteiger partial charge in [-0.2, -0.15) is 0 Å². The first-order valence-corrected chi connectivity index (χ1v) is 19.2. The van der Waals surface area contributed by atoms with Crippen molar-refractivity contribution in [2.24, 2.45) is 0 Å². The summed E-state index contributed by atoms with van der Waals surface area (Å²) in [4.78, 5) is 2.32. The largest absolute Gasteiger partial charge is 0.455 e. The van der Waals surface area contributed by atoms with Gasteiger partial charge in [0.05, 0.1) is 0 Å². The van der Waals surface area contributed by atoms with Crippen molar-refractivity contribution in [3.8, 4) is 33.4 Å². The average Bonchev–Trinajstić information content (AvgIpc) is 3.66. The Kier molecular flexibility index (Phi) is 7.53. The van der Waals surface area contributed by atoms with Crippen LogP contribution in [-0.4, -0.2) is 0 Å². The number of furan rings is 1. The zero-order chi connectivity index (χ0) is 37.0. The second-order valence-corrected chi connectivity index (χ2v) is 14.5. The quantitative estimate of drug-likeness (QED) is 0.160. The Morgan fingerprint density at radius 2 is 0.804 bits per heavy atom. The molecule has 2 heteroatoms. The third kappa shape index (κ3) is 5.34. The monoisotopic (exact) mass is 713 g/mol. The van der Waals surface area contributed by atoms with Crippen molar-refractivity contribution in [2.45, 2.75) is 0 Å². The molecular weight excluding hydrogens is 679 g/mol. The van der Waals surface area contributed by atoms with Crippen LogP contribution in [0, 0.1) is 0 Å². The highest BCUT2D eigenvalue weighted by Crippen LogP contribution is 2.43. The summed E-state index contributed by atoms with van der Waals surface area (Å²) in [6.45, 7) is 0. The third-order valence-electron chi connectivity index (χ3n) is 11.2. The lowest BCUT2D eigenvalue weighted by molar-refractivity contribution is 0.674. The fourth-order valence-electron chi connectivity index (χ4n) is 8.51. The first kappa shape index (κ1) is 32.0. The number of anilines is 3. The van der Waals surface area contributed by atoms with Crippen LogP contribution in [0.2, 0.25) is 0 Å². The molecule has 0 unspecified atom stereocenters. The molecule has 11 rings (SSSR count). The van der Waals surface area contributed by atoms with E-state index >= 15 is 0 Å². The minimum absolute atomic E-state index is 0.906. The molecule has 0 aliphatic heterocycles. The van der Waals surface area contributed by atoms with E-state index in [0.717, 1.165) is 55.5 Å². The Hall–Kier alpha value is -7.42. The average molecular weight is 714 g/mol. The Labute approximate surface area is 325 Å². The zero-order valence-electron chi connectivity index (χ0n) is 30.6. The minimum atomic E-state index is 0.906. The highest BCUT2D eigenvalue weighted by Gasteiger charge is 2.18. The summed E-state index contributed by atoms with van der Waals surface area (Å²) in [5, 5.41) is 9.66. The molecule has 0 N–H and O–H groups in total. The van der Waals surface area contributed by atoms with Gasteiger partial charge in [0.2, 0.25) is 0 Å². The van der Waals surface area contributed by atoms with Gasteiger partial charge in [-0.25, -0.2) is 0 Å². The first-order chi connectivity index (χ1) is 27.8. The van der Waals surface area contributed by atoms with Crippen molar-refractivity contribution in [1.82, 2.24) is 0 Å². The molecule has 0 spiro atoms. The molecule has 0 aliphatic carbocycles. The molecule has 56 heavy (non-hydrogen) atoms. The molecule has 0 saturated carbocycles. The summed E-state index contributed by atoms with van der Waals surface area (Å²) in [6, 6.07) is 76.2. The van der Waals surface area contributed by atoms with Gasteiger partial charge in [-0.1, -0.05) is 164 Å². The van der Waals surface area contributed by atoms with Crippen molar-refractivity contribution < 1.29 is 4.42 Å². The summed E-state index contributed by atoms with van der Waals surface area (Å²) in [5.41, 5.74) is 12.1. The minimum Gasteiger partial charge on any atom is -0.455 e. The van der Waals surface area contributed by atoms with Crippen LogP contribution in [0.5, 0.6) is 0 Å². The number of hydrogen-bond acceptors (Lipinski definition) is 2. The van der Waals surface area contributed by atoms with Gasteiger partial charge in [0.25, 0.3) is 0 Å². The molecule has 1 heterocycles. The van der Waals surface area contributed by atoms with E-state index < -0.39 is 0 Å². The van der Waals surface area contributed by atoms with Crippen LogP contribution >= 0.6 is 0 Å². The summed E-state index contributed by atoms with van der Waals surface area (Å²) in [5.74, 6) is 0. The van der Waals surface area contributed by atoms with Gasteiger partial charge in [0.1, 0.15) is 11.2 Å². The Morgan fingerprint density at radius 1 is 0.268 bits per heavy atom. The Bertz CT molecular complexity index is 3220. The van der Waals surface area contributed by atoms with Crippen molar-refractivity contribution >= 4 is 71.3 Å². The second kappa shape index (κ2) is 13.2. The number of nitrogens with zero attached hydrogens (tertiary/aromatic N) is 1. The molecule has 0 fully saturated rings. The van der Waals surface area contributed by atoms with E-state index in [-0.39, 0.29) is 0 Å². The van der Waals surface area contributed by atoms with Gasteiger partial charge in [0.15, 0.2) is 0 Å². The lowest BCUT2D eigenvalue weighted by atomic mass is 9.95. The predicted molar refractivity (Wildman–Crippen MR) is 237 cm³/mol. The van der Waals surface area contributed by atoms with Crippen LogP contribution in [-0.2, 0) is 0 Å². The van der Waals surface area contributed by atoms with Crippen molar-refractivity contribution in [1.29, 1.82) is 0 Å². The number of benzene rings is 10. The molecule has 1 aromatic heterocycles. The molecule has 0 amide bonds. The van der Waals surface area contributed by atoms with Gasteiger partial charge >= 0.3 is 0 Å². The van der Waals surface area contributed by atoms with Gasteiger partial charge in [0, 0.05) is 38.8 Å². The fraction of sp³-hybridized carbons (Fsp3) is 0. The molecule has 0 bridgehead atoms. The molecule has 11 aromatic rings. The van der Waals surface area contributed by atoms with E-state index in [9.17, 15) is 0 Å². The Morgan fingerprint density at radius 3 is 1.57 bits per heavy atom. The SMILES string of the molecule is c1ccc(-c2cc3c4cccc(-c5ccc(N(c6ccccc6)c6ccc(-c7ccc8c(ccc9ccccc98)c7)cc6)cc5)c4oc3c3ccccc23)cc1. The van der Waals surface area contributed by atoms with Crippen LogP contribution in [0.1, 0.15) is 0 Å². The maximum Gasteiger partial charge on any atom is 0.143 e. The van der Waals surface area contributed by atoms with Crippen molar-refractivity contribution in [2.75, 3.05) is 4.90 Å². The van der Waals surface area contributed by atoms with Crippen LogP contribution in [0.15, 0.2) is 217 Å². The normalized spacial score (nSPS) is 11.6. The van der Waals surface area contributed by atoms with Gasteiger partial charge in [-0.3, -0.25) is 0 Å². The summed E-state index contributed by atoms with van der Waals surface area (Å²) < 4.78 is 6.84. The number of hydrogen-bond donors (Lipinski definition) is 0. The Balaban J connectivity index is 0.968. The standard InChI is InChI=1S/C54H35NO/c1-3-12-37(13-4-1)51-35-52-50-21-11-20-47(53(50)56-54(52)49-19-10-9-18-48(49)51)39-26-31-44(32-27-39)55(42-15-5-2-6-16-42)43-29-24-36(25-30-43)40-28-33-46-41(34-40)23-22-38-14-7-8-17-45(38)46/h1-35H. The van der Waals surface area contributed by atoms with Crippen molar-refractivity contribution in [3.05, 3.63) is 212 Å². The van der Waals surface area contributed by atoms with Gasteiger partial charge in [-0.15, -0.1) is 0 Å². The second-order valence-electron chi connectivity index (χ2n) is 14.5. The van der Waals surface area contributed by atoms with Crippen LogP contribution in [0.25, 0.3) is 87.6 Å². The number of para-hydroxylation sites is 2. The summed E-state index contributed by atoms with van der Waals surface area (Å²) >= 11 is 0. The topological polar surface area (TPSA) is 16.4 Å². The molecule has 0 aliphatic rings. The molecule has 0 atom stereocenters. The summed E-state index contributed by atoms with van der Waals surface area (Å²) in [7, 11) is 0. The van der Waals surface area contributed by atoms with E-state index in [1.807, 2.05) is 0 Å². The maximum absolute atomic E-state index is 6.84. The molecule has 2 nitrogen and oxygen atoms in total. The van der Waals surface area contributed by atoms with Gasteiger partial charge in [-0.05, 0) is 103 Å². The van der Waals surface area contributed by atoms with E-state index in [2.05, 4.69) is 217 Å². The molecule has 262 valence electrons. The highest BCUT2D eigenvalue weighted by atomic mass is 16.3. The number of fused-ring (bicyclic) bond motifs is 8. The smallest absolute Gasteiger partial charge is 0.143 e. The maximum atomic E-state index is 6.84. The zero-order valence-corrected chi connectivity index (χ0v) is 30.6. The fourth-order valence-corrected chi connectivity index (χ4v) is 8.51.